The van der Waals surface area contributed by atoms with E-state index in [1.165, 1.54) is 12.1 Å². The predicted octanol–water partition coefficient (Wildman–Crippen LogP) is 1.84. The number of amides is 1. The Kier molecular flexibility index (Phi) is 4.91. The zero-order chi connectivity index (χ0) is 18.0. The van der Waals surface area contributed by atoms with Crippen LogP contribution in [0.4, 0.5) is 4.39 Å². The highest BCUT2D eigenvalue weighted by atomic mass is 19.1. The van der Waals surface area contributed by atoms with Crippen LogP contribution in [-0.4, -0.2) is 54.5 Å². The van der Waals surface area contributed by atoms with Crippen molar-refractivity contribution >= 4 is 11.6 Å². The highest BCUT2D eigenvalue weighted by Crippen LogP contribution is 2.34. The number of hydrogen-bond acceptors (Lipinski definition) is 5. The molecule has 0 aromatic heterocycles. The first-order valence-electron chi connectivity index (χ1n) is 9.24. The van der Waals surface area contributed by atoms with E-state index in [2.05, 4.69) is 15.4 Å². The second-order valence-corrected chi connectivity index (χ2v) is 7.42. The van der Waals surface area contributed by atoms with Crippen molar-refractivity contribution in [1.82, 2.24) is 10.2 Å². The number of nitrogens with zero attached hydrogens (tertiary/aromatic N) is 2. The molecule has 1 aromatic rings. The normalized spacial score (nSPS) is 28.3. The Morgan fingerprint density at radius 1 is 1.38 bits per heavy atom. The molecule has 3 aliphatic rings. The summed E-state index contributed by atoms with van der Waals surface area (Å²) in [7, 11) is 0. The number of benzene rings is 1. The summed E-state index contributed by atoms with van der Waals surface area (Å²) in [4.78, 5) is 20.3. The maximum Gasteiger partial charge on any atom is 0.269 e. The Hall–Kier alpha value is -1.99. The Morgan fingerprint density at radius 2 is 2.23 bits per heavy atom. The number of rotatable bonds is 5. The van der Waals surface area contributed by atoms with E-state index in [-0.39, 0.29) is 17.8 Å². The molecule has 2 saturated heterocycles. The van der Waals surface area contributed by atoms with Crippen molar-refractivity contribution in [2.24, 2.45) is 5.16 Å². The van der Waals surface area contributed by atoms with Crippen LogP contribution in [0.2, 0.25) is 0 Å². The summed E-state index contributed by atoms with van der Waals surface area (Å²) in [6.45, 7) is 3.64. The molecule has 6 nitrogen and oxygen atoms in total. The zero-order valence-electron chi connectivity index (χ0n) is 14.7. The Balaban J connectivity index is 1.27. The van der Waals surface area contributed by atoms with E-state index in [4.69, 9.17) is 9.57 Å². The summed E-state index contributed by atoms with van der Waals surface area (Å²) < 4.78 is 18.5. The highest BCUT2D eigenvalue weighted by molar-refractivity contribution is 6.39. The van der Waals surface area contributed by atoms with Gasteiger partial charge in [-0.3, -0.25) is 9.69 Å². The topological polar surface area (TPSA) is 63.2 Å². The van der Waals surface area contributed by atoms with Crippen molar-refractivity contribution in [2.75, 3.05) is 26.2 Å². The minimum atomic E-state index is -0.406. The molecule has 3 aliphatic heterocycles. The predicted molar refractivity (Wildman–Crippen MR) is 94.1 cm³/mol. The quantitative estimate of drug-likeness (QED) is 0.869. The number of ether oxygens (including phenoxy) is 1. The van der Waals surface area contributed by atoms with Crippen LogP contribution in [0, 0.1) is 5.82 Å². The van der Waals surface area contributed by atoms with E-state index < -0.39 is 5.60 Å². The third kappa shape index (κ3) is 3.88. The van der Waals surface area contributed by atoms with Gasteiger partial charge in [-0.25, -0.2) is 4.39 Å². The largest absolute Gasteiger partial charge is 0.387 e. The monoisotopic (exact) mass is 361 g/mol. The number of oxime groups is 1. The third-order valence-corrected chi connectivity index (χ3v) is 5.33. The smallest absolute Gasteiger partial charge is 0.269 e. The first kappa shape index (κ1) is 17.4. The van der Waals surface area contributed by atoms with E-state index >= 15 is 0 Å². The molecule has 2 atom stereocenters. The van der Waals surface area contributed by atoms with Crippen molar-refractivity contribution in [2.45, 2.75) is 43.9 Å². The van der Waals surface area contributed by atoms with Gasteiger partial charge >= 0.3 is 0 Å². The Labute approximate surface area is 152 Å². The lowest BCUT2D eigenvalue weighted by Gasteiger charge is -2.21. The Bertz CT molecular complexity index is 688. The van der Waals surface area contributed by atoms with Crippen LogP contribution >= 0.6 is 0 Å². The SMILES string of the molecule is O=C(NC[C@H]1CCCO1)C1=NO[C@]2(CCN(Cc3ccc(F)cc3)C2)C1. The van der Waals surface area contributed by atoms with Crippen LogP contribution in [0.25, 0.3) is 0 Å². The molecule has 1 N–H and O–H groups in total. The number of nitrogens with one attached hydrogen (secondary N) is 1. The maximum atomic E-state index is 13.0. The van der Waals surface area contributed by atoms with Crippen LogP contribution in [0.1, 0.15) is 31.2 Å². The molecule has 0 saturated carbocycles. The molecule has 7 heteroatoms. The van der Waals surface area contributed by atoms with Crippen molar-refractivity contribution in [1.29, 1.82) is 0 Å². The lowest BCUT2D eigenvalue weighted by molar-refractivity contribution is -0.115. The third-order valence-electron chi connectivity index (χ3n) is 5.33. The van der Waals surface area contributed by atoms with Gasteiger partial charge in [-0.05, 0) is 30.5 Å². The van der Waals surface area contributed by atoms with Gasteiger partial charge in [-0.2, -0.15) is 0 Å². The standard InChI is InChI=1S/C19H24FN3O3/c20-15-5-3-14(4-6-15)12-23-8-7-19(13-23)10-17(22-26-19)18(24)21-11-16-2-1-9-25-16/h3-6,16H,1-2,7-13H2,(H,21,24)/t16-,19-/m1/s1. The second-order valence-electron chi connectivity index (χ2n) is 7.42. The summed E-state index contributed by atoms with van der Waals surface area (Å²) in [6, 6.07) is 6.56. The fraction of sp³-hybridized carbons (Fsp3) is 0.579. The molecule has 2 fully saturated rings. The van der Waals surface area contributed by atoms with Crippen molar-refractivity contribution < 1.29 is 18.8 Å². The molecular formula is C19H24FN3O3. The van der Waals surface area contributed by atoms with Crippen molar-refractivity contribution in [3.8, 4) is 0 Å². The van der Waals surface area contributed by atoms with Gasteiger partial charge in [0.25, 0.3) is 5.91 Å². The van der Waals surface area contributed by atoms with Gasteiger partial charge in [0, 0.05) is 45.6 Å². The van der Waals surface area contributed by atoms with Crippen LogP contribution in [-0.2, 0) is 20.9 Å². The first-order chi connectivity index (χ1) is 12.6. The van der Waals surface area contributed by atoms with E-state index in [1.807, 2.05) is 0 Å². The van der Waals surface area contributed by atoms with Gasteiger partial charge < -0.3 is 14.9 Å². The second kappa shape index (κ2) is 7.32. The molecule has 1 spiro atoms. The van der Waals surface area contributed by atoms with Crippen LogP contribution in [0.5, 0.6) is 0 Å². The molecule has 0 bridgehead atoms. The summed E-state index contributed by atoms with van der Waals surface area (Å²) in [6.07, 6.45) is 3.53. The van der Waals surface area contributed by atoms with Crippen LogP contribution < -0.4 is 5.32 Å². The van der Waals surface area contributed by atoms with Gasteiger partial charge in [-0.1, -0.05) is 17.3 Å². The van der Waals surface area contributed by atoms with E-state index in [9.17, 15) is 9.18 Å². The average Bonchev–Trinajstić information content (AvgIpc) is 3.38. The minimum absolute atomic E-state index is 0.119. The summed E-state index contributed by atoms with van der Waals surface area (Å²) >= 11 is 0. The maximum absolute atomic E-state index is 13.0. The zero-order valence-corrected chi connectivity index (χ0v) is 14.7. The van der Waals surface area contributed by atoms with Crippen LogP contribution in [0.15, 0.2) is 29.4 Å². The van der Waals surface area contributed by atoms with Gasteiger partial charge in [0.05, 0.1) is 6.10 Å². The van der Waals surface area contributed by atoms with Gasteiger partial charge in [0.1, 0.15) is 11.5 Å². The summed E-state index contributed by atoms with van der Waals surface area (Å²) in [5, 5.41) is 6.96. The van der Waals surface area contributed by atoms with Gasteiger partial charge in [-0.15, -0.1) is 0 Å². The van der Waals surface area contributed by atoms with Gasteiger partial charge in [0.2, 0.25) is 0 Å². The molecule has 140 valence electrons. The summed E-state index contributed by atoms with van der Waals surface area (Å²) in [5.74, 6) is -0.382. The molecule has 1 amide bonds. The number of likely N-dealkylation sites (tertiary alicyclic amines) is 1. The lowest BCUT2D eigenvalue weighted by Crippen LogP contribution is -2.39. The number of halogens is 1. The van der Waals surface area contributed by atoms with Gasteiger partial charge in [0.15, 0.2) is 5.60 Å². The molecule has 0 radical (unpaired) electrons. The van der Waals surface area contributed by atoms with Crippen LogP contribution in [0.3, 0.4) is 0 Å². The number of carbonyl (C=O) groups excluding carboxylic acids is 1. The fourth-order valence-corrected chi connectivity index (χ4v) is 3.89. The number of hydrogen-bond donors (Lipinski definition) is 1. The summed E-state index contributed by atoms with van der Waals surface area (Å²) in [5.41, 5.74) is 1.12. The Morgan fingerprint density at radius 3 is 3.00 bits per heavy atom. The molecule has 0 unspecified atom stereocenters. The molecular weight excluding hydrogens is 337 g/mol. The number of carbonyl (C=O) groups is 1. The van der Waals surface area contributed by atoms with E-state index in [0.717, 1.165) is 51.1 Å². The lowest BCUT2D eigenvalue weighted by atomic mass is 9.96. The molecule has 26 heavy (non-hydrogen) atoms. The molecule has 4 rings (SSSR count). The van der Waals surface area contributed by atoms with Crippen molar-refractivity contribution in [3.05, 3.63) is 35.6 Å². The molecule has 3 heterocycles. The molecule has 1 aromatic carbocycles. The van der Waals surface area contributed by atoms with E-state index in [1.54, 1.807) is 12.1 Å². The van der Waals surface area contributed by atoms with Crippen molar-refractivity contribution in [3.63, 3.8) is 0 Å². The fourth-order valence-electron chi connectivity index (χ4n) is 3.89. The average molecular weight is 361 g/mol. The first-order valence-corrected chi connectivity index (χ1v) is 9.24. The molecule has 0 aliphatic carbocycles. The minimum Gasteiger partial charge on any atom is -0.387 e. The van der Waals surface area contributed by atoms with E-state index in [0.29, 0.717) is 18.7 Å². The highest BCUT2D eigenvalue weighted by Gasteiger charge is 2.46.